The highest BCUT2D eigenvalue weighted by atomic mass is 15.0. The van der Waals surface area contributed by atoms with Crippen LogP contribution in [0.5, 0.6) is 0 Å². The molecule has 0 saturated heterocycles. The Morgan fingerprint density at radius 2 is 1.06 bits per heavy atom. The van der Waals surface area contributed by atoms with Gasteiger partial charge in [-0.15, -0.1) is 0 Å². The van der Waals surface area contributed by atoms with Crippen molar-refractivity contribution in [3.05, 3.63) is 176 Å². The van der Waals surface area contributed by atoms with Crippen LogP contribution in [-0.2, 0) is 0 Å². The van der Waals surface area contributed by atoms with E-state index in [0.717, 1.165) is 28.1 Å². The van der Waals surface area contributed by atoms with Gasteiger partial charge in [-0.2, -0.15) is 0 Å². The van der Waals surface area contributed by atoms with Crippen LogP contribution in [0.2, 0.25) is 0 Å². The number of benzene rings is 7. The van der Waals surface area contributed by atoms with Crippen LogP contribution in [0.4, 0.5) is 0 Å². The Labute approximate surface area is 300 Å². The quantitative estimate of drug-likeness (QED) is 0.174. The highest BCUT2D eigenvalue weighted by molar-refractivity contribution is 6.23. The zero-order chi connectivity index (χ0) is 34.5. The van der Waals surface area contributed by atoms with E-state index in [0.29, 0.717) is 0 Å². The molecule has 0 saturated carbocycles. The van der Waals surface area contributed by atoms with Gasteiger partial charge in [0.2, 0.25) is 0 Å². The van der Waals surface area contributed by atoms with Crippen LogP contribution in [-0.4, -0.2) is 13.5 Å². The lowest BCUT2D eigenvalue weighted by Crippen LogP contribution is -1.99. The molecule has 244 valence electrons. The van der Waals surface area contributed by atoms with Crippen molar-refractivity contribution < 1.29 is 0 Å². The smallest absolute Gasteiger partial charge is 0.0620 e. The molecule has 11 rings (SSSR count). The maximum atomic E-state index is 4.33. The van der Waals surface area contributed by atoms with E-state index in [2.05, 4.69) is 191 Å². The monoisotopic (exact) mass is 663 g/mol. The molecule has 7 aromatic carbocycles. The number of para-hydroxylation sites is 4. The molecule has 0 aliphatic heterocycles. The van der Waals surface area contributed by atoms with Crippen LogP contribution >= 0.6 is 0 Å². The van der Waals surface area contributed by atoms with E-state index in [-0.39, 0.29) is 0 Å². The Morgan fingerprint density at radius 1 is 0.442 bits per heavy atom. The Balaban J connectivity index is 1.14. The summed E-state index contributed by atoms with van der Waals surface area (Å²) in [5.41, 5.74) is 14.2. The third kappa shape index (κ3) is 3.85. The number of aromatic nitrogens is 3. The normalized spacial score (nSPS) is 12.3. The summed E-state index contributed by atoms with van der Waals surface area (Å²) in [7, 11) is 0. The van der Waals surface area contributed by atoms with Gasteiger partial charge in [0, 0.05) is 54.6 Å². The number of rotatable bonds is 5. The van der Waals surface area contributed by atoms with E-state index in [1.165, 1.54) is 76.4 Å². The molecule has 0 radical (unpaired) electrons. The van der Waals surface area contributed by atoms with Crippen molar-refractivity contribution in [2.45, 2.75) is 6.92 Å². The first-order chi connectivity index (χ1) is 25.7. The van der Waals surface area contributed by atoms with Crippen molar-refractivity contribution >= 4 is 83.0 Å². The Morgan fingerprint density at radius 3 is 1.85 bits per heavy atom. The van der Waals surface area contributed by atoms with E-state index in [4.69, 9.17) is 0 Å². The topological polar surface area (TPSA) is 14.3 Å². The minimum atomic E-state index is 1.12. The number of hydrogen-bond acceptors (Lipinski definition) is 0. The van der Waals surface area contributed by atoms with Gasteiger partial charge in [-0.3, -0.25) is 0 Å². The fraction of sp³-hybridized carbons (Fsp3) is 0.0204. The molecule has 0 N–H and O–H groups in total. The average Bonchev–Trinajstić information content (AvgIpc) is 3.91. The molecule has 4 aromatic heterocycles. The van der Waals surface area contributed by atoms with Crippen LogP contribution in [0.3, 0.4) is 0 Å². The average molecular weight is 664 g/mol. The predicted molar refractivity (Wildman–Crippen MR) is 223 cm³/mol. The fourth-order valence-electron chi connectivity index (χ4n) is 8.89. The lowest BCUT2D eigenvalue weighted by atomic mass is 10.00. The molecule has 3 heteroatoms. The van der Waals surface area contributed by atoms with Gasteiger partial charge in [-0.05, 0) is 78.7 Å². The third-order valence-electron chi connectivity index (χ3n) is 11.1. The lowest BCUT2D eigenvalue weighted by molar-refractivity contribution is 1.10. The minimum Gasteiger partial charge on any atom is -0.309 e. The lowest BCUT2D eigenvalue weighted by Gasteiger charge is -2.12. The predicted octanol–water partition coefficient (Wildman–Crippen LogP) is 13.2. The summed E-state index contributed by atoms with van der Waals surface area (Å²) < 4.78 is 7.23. The van der Waals surface area contributed by atoms with Gasteiger partial charge < -0.3 is 13.5 Å². The standard InChI is InChI=1S/C49H33N3/c1-3-13-43-35(4-2)42-28-31(32-22-25-39-41-19-12-18-40-37-17-9-11-21-45(37)52(49(40)41)47(39)29-32)23-27-46(42)51(43)34-24-26-38-36-16-8-10-20-44(36)50(48(38)30-34)33-14-6-5-7-15-33/h3-30H,2H2,1H3/b13-3-. The highest BCUT2D eigenvalue weighted by Gasteiger charge is 2.20. The molecule has 3 nitrogen and oxygen atoms in total. The molecule has 11 aromatic rings. The first-order valence-corrected chi connectivity index (χ1v) is 17.9. The van der Waals surface area contributed by atoms with Gasteiger partial charge >= 0.3 is 0 Å². The number of fused-ring (bicyclic) bond motifs is 10. The van der Waals surface area contributed by atoms with Crippen molar-refractivity contribution in [1.29, 1.82) is 0 Å². The van der Waals surface area contributed by atoms with Gasteiger partial charge in [0.25, 0.3) is 0 Å². The number of hydrogen-bond donors (Lipinski definition) is 0. The van der Waals surface area contributed by atoms with E-state index in [9.17, 15) is 0 Å². The molecule has 52 heavy (non-hydrogen) atoms. The third-order valence-corrected chi connectivity index (χ3v) is 11.1. The second-order valence-electron chi connectivity index (χ2n) is 13.7. The van der Waals surface area contributed by atoms with Crippen molar-refractivity contribution in [1.82, 2.24) is 13.5 Å². The molecular formula is C49H33N3. The van der Waals surface area contributed by atoms with E-state index < -0.39 is 0 Å². The summed E-state index contributed by atoms with van der Waals surface area (Å²) in [6.45, 7) is 6.41. The van der Waals surface area contributed by atoms with E-state index >= 15 is 0 Å². The first kappa shape index (κ1) is 28.9. The Hall–Kier alpha value is -6.84. The van der Waals surface area contributed by atoms with Crippen LogP contribution < -0.4 is 0 Å². The molecule has 0 bridgehead atoms. The molecule has 0 amide bonds. The van der Waals surface area contributed by atoms with Gasteiger partial charge in [0.15, 0.2) is 0 Å². The van der Waals surface area contributed by atoms with Crippen LogP contribution in [0, 0.1) is 0 Å². The second kappa shape index (κ2) is 10.8. The number of allylic oxidation sites excluding steroid dienone is 1. The maximum Gasteiger partial charge on any atom is 0.0620 e. The van der Waals surface area contributed by atoms with Gasteiger partial charge in [-0.25, -0.2) is 0 Å². The molecule has 4 heterocycles. The van der Waals surface area contributed by atoms with Gasteiger partial charge in [0.1, 0.15) is 0 Å². The molecule has 0 aliphatic rings. The van der Waals surface area contributed by atoms with Gasteiger partial charge in [-0.1, -0.05) is 116 Å². The molecule has 0 spiro atoms. The molecule has 0 fully saturated rings. The molecule has 0 atom stereocenters. The molecule has 0 aliphatic carbocycles. The van der Waals surface area contributed by atoms with Crippen molar-refractivity contribution in [2.75, 3.05) is 0 Å². The van der Waals surface area contributed by atoms with Crippen molar-refractivity contribution in [3.8, 4) is 22.5 Å². The zero-order valence-electron chi connectivity index (χ0n) is 28.7. The van der Waals surface area contributed by atoms with Crippen molar-refractivity contribution in [2.24, 2.45) is 0 Å². The van der Waals surface area contributed by atoms with E-state index in [1.807, 2.05) is 6.08 Å². The SMILES string of the molecule is C=Cc1c(/C=C\C)n(-c2ccc3c4ccccc4n(-c4ccccc4)c3c2)c2ccc(-c3ccc4c5cccc6c7ccccc7n(c4c3)c65)cc12. The highest BCUT2D eigenvalue weighted by Crippen LogP contribution is 2.42. The summed E-state index contributed by atoms with van der Waals surface area (Å²) in [6.07, 6.45) is 6.35. The zero-order valence-corrected chi connectivity index (χ0v) is 28.7. The van der Waals surface area contributed by atoms with Crippen molar-refractivity contribution in [3.63, 3.8) is 0 Å². The summed E-state index contributed by atoms with van der Waals surface area (Å²) in [5.74, 6) is 0. The second-order valence-corrected chi connectivity index (χ2v) is 13.7. The van der Waals surface area contributed by atoms with Gasteiger partial charge in [0.05, 0.1) is 38.8 Å². The van der Waals surface area contributed by atoms with Crippen LogP contribution in [0.25, 0.3) is 105 Å². The summed E-state index contributed by atoms with van der Waals surface area (Å²) in [5, 5.41) is 8.87. The van der Waals surface area contributed by atoms with E-state index in [1.54, 1.807) is 0 Å². The summed E-state index contributed by atoms with van der Waals surface area (Å²) in [6, 6.07) is 55.6. The first-order valence-electron chi connectivity index (χ1n) is 17.9. The Bertz CT molecular complexity index is 3260. The Kier molecular flexibility index (Phi) is 6.03. The molecule has 0 unspecified atom stereocenters. The number of nitrogens with zero attached hydrogens (tertiary/aromatic N) is 3. The fourth-order valence-corrected chi connectivity index (χ4v) is 8.89. The van der Waals surface area contributed by atoms with Crippen LogP contribution in [0.15, 0.2) is 164 Å². The van der Waals surface area contributed by atoms with Crippen LogP contribution in [0.1, 0.15) is 18.2 Å². The summed E-state index contributed by atoms with van der Waals surface area (Å²) in [4.78, 5) is 0. The minimum absolute atomic E-state index is 1.12. The maximum absolute atomic E-state index is 4.33. The summed E-state index contributed by atoms with van der Waals surface area (Å²) >= 11 is 0. The largest absolute Gasteiger partial charge is 0.309 e. The molecular weight excluding hydrogens is 631 g/mol.